The summed E-state index contributed by atoms with van der Waals surface area (Å²) in [6.45, 7) is 11.2. The van der Waals surface area contributed by atoms with Gasteiger partial charge < -0.3 is 18.9 Å². The first kappa shape index (κ1) is 19.6. The second-order valence-corrected chi connectivity index (χ2v) is 7.38. The fourth-order valence-corrected chi connectivity index (χ4v) is 3.90. The minimum absolute atomic E-state index is 0.303. The Kier molecular flexibility index (Phi) is 5.14. The average Bonchev–Trinajstić information content (AvgIpc) is 3.11. The van der Waals surface area contributed by atoms with Crippen molar-refractivity contribution in [2.75, 3.05) is 7.11 Å². The summed E-state index contributed by atoms with van der Waals surface area (Å²) in [4.78, 5) is 24.7. The molecule has 0 aromatic rings. The topological polar surface area (TPSA) is 71.1 Å². The smallest absolute Gasteiger partial charge is 0.334 e. The normalized spacial score (nSPS) is 38.0. The highest BCUT2D eigenvalue weighted by Crippen LogP contribution is 2.44. The molecular weight excluding hydrogens is 348 g/mol. The molecule has 3 heterocycles. The lowest BCUT2D eigenvalue weighted by Gasteiger charge is -2.30. The minimum atomic E-state index is -1.02. The number of ether oxygens (including phenoxy) is 4. The number of hydrogen-bond donors (Lipinski definition) is 0. The number of carbonyl (C=O) groups excluding carboxylic acids is 2. The highest BCUT2D eigenvalue weighted by atomic mass is 16.7. The molecule has 27 heavy (non-hydrogen) atoms. The predicted molar refractivity (Wildman–Crippen MR) is 98.6 cm³/mol. The van der Waals surface area contributed by atoms with Crippen LogP contribution in [0.15, 0.2) is 47.1 Å². The molecule has 2 bridgehead atoms. The van der Waals surface area contributed by atoms with Gasteiger partial charge in [-0.3, -0.25) is 0 Å². The van der Waals surface area contributed by atoms with Gasteiger partial charge in [-0.1, -0.05) is 18.2 Å². The zero-order valence-electron chi connectivity index (χ0n) is 16.4. The molecule has 3 aliphatic rings. The van der Waals surface area contributed by atoms with Gasteiger partial charge in [0.15, 0.2) is 0 Å². The Hall–Kier alpha value is -2.18. The Balaban J connectivity index is 2.05. The standard InChI is InChI=1S/C21H26O6/c1-7-12(3)19(22)25-15-8-11(2)9-21(24-6)10-13(4)17(27-21)18-16(15)14(5)20(23)26-18/h7,9-10,15-18H,5,8H2,1-4,6H3/b11-9-,12-7+/t15-,16+,17-,18-,21-/m0/s1. The fraction of sp³-hybridized carbons (Fsp3) is 0.524. The Morgan fingerprint density at radius 2 is 2.07 bits per heavy atom. The molecule has 0 aromatic carbocycles. The van der Waals surface area contributed by atoms with E-state index in [1.54, 1.807) is 27.0 Å². The lowest BCUT2D eigenvalue weighted by Crippen LogP contribution is -2.41. The molecule has 6 nitrogen and oxygen atoms in total. The second kappa shape index (κ2) is 7.09. The molecule has 3 rings (SSSR count). The van der Waals surface area contributed by atoms with Gasteiger partial charge >= 0.3 is 11.9 Å². The average molecular weight is 374 g/mol. The zero-order chi connectivity index (χ0) is 19.9. The van der Waals surface area contributed by atoms with Crippen LogP contribution in [0.5, 0.6) is 0 Å². The van der Waals surface area contributed by atoms with Crippen molar-refractivity contribution in [1.29, 1.82) is 0 Å². The van der Waals surface area contributed by atoms with Crippen LogP contribution in [0.2, 0.25) is 0 Å². The molecule has 1 saturated heterocycles. The third kappa shape index (κ3) is 3.39. The lowest BCUT2D eigenvalue weighted by atomic mass is 9.83. The van der Waals surface area contributed by atoms with Gasteiger partial charge in [-0.15, -0.1) is 0 Å². The molecule has 0 aromatic heterocycles. The summed E-state index contributed by atoms with van der Waals surface area (Å²) in [6, 6.07) is 0. The SMILES string of the molecule is C=C1C(=O)O[C@H]2[C@H]1[C@@H](OC(=O)/C(C)=C/C)C/C(C)=C\[C@@]1(OC)C=C(C)[C@@H]2O1. The summed E-state index contributed by atoms with van der Waals surface area (Å²) in [5.41, 5.74) is 2.63. The number of carbonyl (C=O) groups is 2. The quantitative estimate of drug-likeness (QED) is 0.430. The highest BCUT2D eigenvalue weighted by Gasteiger charge is 2.54. The van der Waals surface area contributed by atoms with Gasteiger partial charge in [-0.25, -0.2) is 9.59 Å². The molecule has 0 amide bonds. The van der Waals surface area contributed by atoms with Crippen LogP contribution >= 0.6 is 0 Å². The first-order valence-corrected chi connectivity index (χ1v) is 9.05. The van der Waals surface area contributed by atoms with Gasteiger partial charge in [-0.05, 0) is 45.4 Å². The third-order valence-electron chi connectivity index (χ3n) is 5.45. The van der Waals surface area contributed by atoms with Gasteiger partial charge in [0, 0.05) is 24.7 Å². The van der Waals surface area contributed by atoms with Crippen molar-refractivity contribution in [1.82, 2.24) is 0 Å². The maximum Gasteiger partial charge on any atom is 0.334 e. The van der Waals surface area contributed by atoms with Crippen molar-refractivity contribution < 1.29 is 28.5 Å². The zero-order valence-corrected chi connectivity index (χ0v) is 16.4. The van der Waals surface area contributed by atoms with E-state index in [1.807, 2.05) is 26.0 Å². The Bertz CT molecular complexity index is 774. The highest BCUT2D eigenvalue weighted by molar-refractivity contribution is 5.91. The maximum absolute atomic E-state index is 12.4. The molecular formula is C21H26O6. The van der Waals surface area contributed by atoms with E-state index in [9.17, 15) is 9.59 Å². The Morgan fingerprint density at radius 3 is 2.70 bits per heavy atom. The van der Waals surface area contributed by atoms with Gasteiger partial charge in [0.2, 0.25) is 5.79 Å². The van der Waals surface area contributed by atoms with Crippen molar-refractivity contribution in [2.24, 2.45) is 5.92 Å². The fourth-order valence-electron chi connectivity index (χ4n) is 3.90. The first-order valence-electron chi connectivity index (χ1n) is 9.05. The van der Waals surface area contributed by atoms with E-state index in [-0.39, 0.29) is 0 Å². The summed E-state index contributed by atoms with van der Waals surface area (Å²) in [6.07, 6.45) is 4.19. The number of fused-ring (bicyclic) bond motifs is 4. The van der Waals surface area contributed by atoms with Crippen molar-refractivity contribution in [3.8, 4) is 0 Å². The van der Waals surface area contributed by atoms with Crippen LogP contribution in [0.3, 0.4) is 0 Å². The molecule has 1 fully saturated rings. The summed E-state index contributed by atoms with van der Waals surface area (Å²) in [5.74, 6) is -2.41. The van der Waals surface area contributed by atoms with Crippen LogP contribution in [-0.4, -0.2) is 43.1 Å². The number of allylic oxidation sites excluding steroid dienone is 1. The van der Waals surface area contributed by atoms with Crippen molar-refractivity contribution in [2.45, 2.75) is 58.2 Å². The number of rotatable bonds is 3. The van der Waals surface area contributed by atoms with Crippen LogP contribution in [-0.2, 0) is 28.5 Å². The summed E-state index contributed by atoms with van der Waals surface area (Å²) in [7, 11) is 1.57. The number of esters is 2. The van der Waals surface area contributed by atoms with Gasteiger partial charge in [0.05, 0.1) is 5.92 Å². The van der Waals surface area contributed by atoms with Crippen molar-refractivity contribution >= 4 is 11.9 Å². The molecule has 146 valence electrons. The van der Waals surface area contributed by atoms with E-state index >= 15 is 0 Å². The summed E-state index contributed by atoms with van der Waals surface area (Å²) < 4.78 is 23.2. The predicted octanol–water partition coefficient (Wildman–Crippen LogP) is 3.00. The molecule has 0 spiro atoms. The van der Waals surface area contributed by atoms with Crippen molar-refractivity contribution in [3.05, 3.63) is 47.1 Å². The monoisotopic (exact) mass is 374 g/mol. The Labute approximate surface area is 159 Å². The van der Waals surface area contributed by atoms with Gasteiger partial charge in [-0.2, -0.15) is 0 Å². The van der Waals surface area contributed by atoms with E-state index in [4.69, 9.17) is 18.9 Å². The Morgan fingerprint density at radius 1 is 1.37 bits per heavy atom. The number of methoxy groups -OCH3 is 1. The van der Waals surface area contributed by atoms with Crippen LogP contribution in [0.25, 0.3) is 0 Å². The van der Waals surface area contributed by atoms with Gasteiger partial charge in [0.25, 0.3) is 0 Å². The van der Waals surface area contributed by atoms with E-state index in [1.165, 1.54) is 0 Å². The molecule has 0 N–H and O–H groups in total. The van der Waals surface area contributed by atoms with Crippen LogP contribution in [0.4, 0.5) is 0 Å². The van der Waals surface area contributed by atoms with E-state index in [0.29, 0.717) is 17.6 Å². The molecule has 5 atom stereocenters. The molecule has 6 heteroatoms. The van der Waals surface area contributed by atoms with E-state index < -0.39 is 42.0 Å². The molecule has 3 aliphatic heterocycles. The molecule has 0 aliphatic carbocycles. The van der Waals surface area contributed by atoms with Gasteiger partial charge in [0.1, 0.15) is 18.3 Å². The lowest BCUT2D eigenvalue weighted by molar-refractivity contribution is -0.189. The van der Waals surface area contributed by atoms with Crippen molar-refractivity contribution in [3.63, 3.8) is 0 Å². The molecule has 0 saturated carbocycles. The second-order valence-electron chi connectivity index (χ2n) is 7.38. The molecule has 0 radical (unpaired) electrons. The number of hydrogen-bond acceptors (Lipinski definition) is 6. The van der Waals surface area contributed by atoms with Crippen LogP contribution in [0.1, 0.15) is 34.1 Å². The van der Waals surface area contributed by atoms with E-state index in [0.717, 1.165) is 11.1 Å². The summed E-state index contributed by atoms with van der Waals surface area (Å²) in [5, 5.41) is 0. The summed E-state index contributed by atoms with van der Waals surface area (Å²) >= 11 is 0. The largest absolute Gasteiger partial charge is 0.458 e. The van der Waals surface area contributed by atoms with Crippen LogP contribution < -0.4 is 0 Å². The minimum Gasteiger partial charge on any atom is -0.458 e. The first-order chi connectivity index (χ1) is 12.7. The van der Waals surface area contributed by atoms with E-state index in [2.05, 4.69) is 6.58 Å². The third-order valence-corrected chi connectivity index (χ3v) is 5.45. The maximum atomic E-state index is 12.4. The van der Waals surface area contributed by atoms with Crippen LogP contribution in [0, 0.1) is 5.92 Å². The molecule has 0 unspecified atom stereocenters.